The van der Waals surface area contributed by atoms with Gasteiger partial charge in [0.05, 0.1) is 12.2 Å². The highest BCUT2D eigenvalue weighted by Crippen LogP contribution is 2.67. The Morgan fingerprint density at radius 1 is 0.977 bits per heavy atom. The molecule has 3 saturated carbocycles. The monoisotopic (exact) mass is 602 g/mol. The van der Waals surface area contributed by atoms with Crippen molar-refractivity contribution >= 4 is 17.9 Å². The van der Waals surface area contributed by atoms with E-state index in [1.165, 1.54) is 26.3 Å². The zero-order valence-corrected chi connectivity index (χ0v) is 27.6. The molecule has 242 valence electrons. The molecule has 0 unspecified atom stereocenters. The molecule has 0 heterocycles. The average molecular weight is 603 g/mol. The van der Waals surface area contributed by atoms with Crippen LogP contribution in [0.2, 0.25) is 0 Å². The van der Waals surface area contributed by atoms with Gasteiger partial charge in [-0.3, -0.25) is 14.4 Å². The van der Waals surface area contributed by atoms with E-state index in [0.29, 0.717) is 31.6 Å². The van der Waals surface area contributed by atoms with Gasteiger partial charge in [-0.15, -0.1) is 0 Å². The number of esters is 3. The average Bonchev–Trinajstić information content (AvgIpc) is 3.23. The number of rotatable bonds is 8. The second-order valence-electron chi connectivity index (χ2n) is 14.7. The Hall–Kier alpha value is -2.19. The largest absolute Gasteiger partial charge is 0.459 e. The molecule has 4 aliphatic rings. The molecule has 0 spiro atoms. The van der Waals surface area contributed by atoms with Crippen molar-refractivity contribution in [1.82, 2.24) is 0 Å². The fourth-order valence-corrected chi connectivity index (χ4v) is 9.99. The minimum Gasteiger partial charge on any atom is -0.459 e. The van der Waals surface area contributed by atoms with Gasteiger partial charge < -0.3 is 24.4 Å². The number of aliphatic hydroxyl groups excluding tert-OH is 2. The van der Waals surface area contributed by atoms with Crippen molar-refractivity contribution in [3.63, 3.8) is 0 Å². The molecule has 0 aliphatic heterocycles. The molecule has 0 aromatic rings. The van der Waals surface area contributed by atoms with Crippen LogP contribution in [0.1, 0.15) is 101 Å². The van der Waals surface area contributed by atoms with Crippen molar-refractivity contribution in [2.24, 2.45) is 46.3 Å². The molecular formula is C35H54O8. The number of carbonyl (C=O) groups excluding carboxylic acids is 3. The summed E-state index contributed by atoms with van der Waals surface area (Å²) in [5.74, 6) is -1.28. The molecule has 12 atom stereocenters. The second kappa shape index (κ2) is 12.7. The summed E-state index contributed by atoms with van der Waals surface area (Å²) in [4.78, 5) is 36.8. The van der Waals surface area contributed by atoms with E-state index >= 15 is 0 Å². The number of hydrogen-bond acceptors (Lipinski definition) is 8. The summed E-state index contributed by atoms with van der Waals surface area (Å²) in [5.41, 5.74) is 1.58. The zero-order chi connectivity index (χ0) is 32.0. The van der Waals surface area contributed by atoms with Gasteiger partial charge >= 0.3 is 17.9 Å². The van der Waals surface area contributed by atoms with Crippen LogP contribution >= 0.6 is 0 Å². The number of allylic oxidation sites excluding steroid dienone is 1. The SMILES string of the molecule is C/C=C(/C[C@@H](O)[C@@H](C)[C@H]1CC[C@H]2C3=C[C@H](OC(C)=O)[C@H]4[C@@H](OC(C)=O)[C@@H](OC(C)=O)CC[C@]4(C)[C@H]3[C@H](O)C[C@]12C)C(C)C. The summed E-state index contributed by atoms with van der Waals surface area (Å²) < 4.78 is 17.5. The van der Waals surface area contributed by atoms with Crippen molar-refractivity contribution in [1.29, 1.82) is 0 Å². The number of fused-ring (bicyclic) bond motifs is 5. The van der Waals surface area contributed by atoms with Gasteiger partial charge in [0.25, 0.3) is 0 Å². The minimum absolute atomic E-state index is 0.0526. The van der Waals surface area contributed by atoms with Crippen LogP contribution in [-0.4, -0.2) is 58.6 Å². The highest BCUT2D eigenvalue weighted by molar-refractivity contribution is 5.68. The van der Waals surface area contributed by atoms with Crippen molar-refractivity contribution < 1.29 is 38.8 Å². The van der Waals surface area contributed by atoms with E-state index < -0.39 is 59.8 Å². The molecule has 4 aliphatic carbocycles. The smallest absolute Gasteiger partial charge is 0.303 e. The Bertz CT molecular complexity index is 1140. The van der Waals surface area contributed by atoms with Crippen LogP contribution in [0.5, 0.6) is 0 Å². The van der Waals surface area contributed by atoms with Crippen molar-refractivity contribution in [2.45, 2.75) is 131 Å². The van der Waals surface area contributed by atoms with E-state index in [0.717, 1.165) is 18.4 Å². The lowest BCUT2D eigenvalue weighted by Crippen LogP contribution is -2.64. The van der Waals surface area contributed by atoms with E-state index in [1.807, 2.05) is 13.0 Å². The second-order valence-corrected chi connectivity index (χ2v) is 14.7. The van der Waals surface area contributed by atoms with E-state index in [4.69, 9.17) is 14.2 Å². The Kier molecular flexibility index (Phi) is 9.92. The third-order valence-corrected chi connectivity index (χ3v) is 11.8. The highest BCUT2D eigenvalue weighted by Gasteiger charge is 2.66. The maximum atomic E-state index is 12.4. The minimum atomic E-state index is -0.809. The van der Waals surface area contributed by atoms with Crippen molar-refractivity contribution in [3.8, 4) is 0 Å². The first-order valence-corrected chi connectivity index (χ1v) is 16.3. The molecule has 43 heavy (non-hydrogen) atoms. The van der Waals surface area contributed by atoms with Crippen LogP contribution in [0, 0.1) is 46.3 Å². The number of carbonyl (C=O) groups is 3. The summed E-state index contributed by atoms with van der Waals surface area (Å²) in [6.07, 6.45) is 5.08. The lowest BCUT2D eigenvalue weighted by Gasteiger charge is -2.61. The molecule has 0 radical (unpaired) electrons. The lowest BCUT2D eigenvalue weighted by atomic mass is 9.45. The molecule has 0 bridgehead atoms. The normalized spacial score (nSPS) is 40.4. The van der Waals surface area contributed by atoms with Gasteiger partial charge in [0.1, 0.15) is 18.3 Å². The first-order chi connectivity index (χ1) is 20.0. The first kappa shape index (κ1) is 33.7. The highest BCUT2D eigenvalue weighted by atomic mass is 16.6. The van der Waals surface area contributed by atoms with E-state index in [9.17, 15) is 24.6 Å². The third kappa shape index (κ3) is 6.20. The Balaban J connectivity index is 1.74. The first-order valence-electron chi connectivity index (χ1n) is 16.3. The molecule has 3 fully saturated rings. The van der Waals surface area contributed by atoms with Gasteiger partial charge in [0.15, 0.2) is 0 Å². The maximum absolute atomic E-state index is 12.4. The Morgan fingerprint density at radius 3 is 2.16 bits per heavy atom. The van der Waals surface area contributed by atoms with Crippen LogP contribution < -0.4 is 0 Å². The standard InChI is InChI=1S/C35H54O8/c1-10-23(18(2)3)15-27(39)19(4)25-11-12-26-24-16-30(42-21(6)37)32-33(43-22(7)38)29(41-20(5)36)13-14-34(32,8)31(24)28(40)17-35(25,26)9/h10,16,18-19,25-33,39-40H,11-15,17H2,1-9H3/b23-10-/t19-,25+,26-,27+,28+,29-,30-,31+,32-,33-,34+,35+/m0/s1. The summed E-state index contributed by atoms with van der Waals surface area (Å²) in [5, 5.41) is 23.5. The maximum Gasteiger partial charge on any atom is 0.303 e. The lowest BCUT2D eigenvalue weighted by molar-refractivity contribution is -0.210. The Morgan fingerprint density at radius 2 is 1.60 bits per heavy atom. The van der Waals surface area contributed by atoms with Crippen LogP contribution in [0.4, 0.5) is 0 Å². The number of aliphatic hydroxyl groups is 2. The van der Waals surface area contributed by atoms with Crippen LogP contribution in [0.15, 0.2) is 23.3 Å². The van der Waals surface area contributed by atoms with Crippen molar-refractivity contribution in [2.75, 3.05) is 0 Å². The fourth-order valence-electron chi connectivity index (χ4n) is 9.99. The topological polar surface area (TPSA) is 119 Å². The summed E-state index contributed by atoms with van der Waals surface area (Å²) in [6.45, 7) is 16.9. The predicted octanol–water partition coefficient (Wildman–Crippen LogP) is 5.54. The number of hydrogen-bond donors (Lipinski definition) is 2. The predicted molar refractivity (Wildman–Crippen MR) is 162 cm³/mol. The third-order valence-electron chi connectivity index (χ3n) is 11.8. The van der Waals surface area contributed by atoms with Crippen LogP contribution in [0.3, 0.4) is 0 Å². The molecule has 8 heteroatoms. The van der Waals surface area contributed by atoms with Gasteiger partial charge in [-0.1, -0.05) is 51.8 Å². The van der Waals surface area contributed by atoms with E-state index in [2.05, 4.69) is 40.7 Å². The molecule has 0 aromatic heterocycles. The Labute approximate surface area is 257 Å². The summed E-state index contributed by atoms with van der Waals surface area (Å²) in [6, 6.07) is 0. The molecule has 0 saturated heterocycles. The van der Waals surface area contributed by atoms with E-state index in [1.54, 1.807) is 0 Å². The molecule has 4 rings (SSSR count). The number of ether oxygens (including phenoxy) is 3. The molecule has 0 amide bonds. The van der Waals surface area contributed by atoms with E-state index in [-0.39, 0.29) is 29.1 Å². The van der Waals surface area contributed by atoms with Gasteiger partial charge in [-0.25, -0.2) is 0 Å². The zero-order valence-electron chi connectivity index (χ0n) is 27.6. The quantitative estimate of drug-likeness (QED) is 0.211. The molecular weight excluding hydrogens is 548 g/mol. The van der Waals surface area contributed by atoms with Crippen LogP contribution in [-0.2, 0) is 28.6 Å². The molecule has 0 aromatic carbocycles. The molecule has 2 N–H and O–H groups in total. The van der Waals surface area contributed by atoms with Gasteiger partial charge in [0, 0.05) is 32.6 Å². The van der Waals surface area contributed by atoms with Gasteiger partial charge in [-0.05, 0) is 86.0 Å². The van der Waals surface area contributed by atoms with Gasteiger partial charge in [-0.2, -0.15) is 0 Å². The fraction of sp³-hybridized carbons (Fsp3) is 0.800. The molecule has 8 nitrogen and oxygen atoms in total. The summed E-state index contributed by atoms with van der Waals surface area (Å²) >= 11 is 0. The van der Waals surface area contributed by atoms with Crippen LogP contribution in [0.25, 0.3) is 0 Å². The van der Waals surface area contributed by atoms with Crippen molar-refractivity contribution in [3.05, 3.63) is 23.3 Å². The summed E-state index contributed by atoms with van der Waals surface area (Å²) in [7, 11) is 0. The van der Waals surface area contributed by atoms with Gasteiger partial charge in [0.2, 0.25) is 0 Å².